The Bertz CT molecular complexity index is 603. The number of hydrazine groups is 1. The van der Waals surface area contributed by atoms with E-state index in [0.717, 1.165) is 0 Å². The maximum absolute atomic E-state index is 12.8. The Morgan fingerprint density at radius 3 is 2.22 bits per heavy atom. The van der Waals surface area contributed by atoms with Crippen LogP contribution >= 0.6 is 0 Å². The average molecular weight is 309 g/mol. The molecule has 1 aromatic carbocycles. The van der Waals surface area contributed by atoms with Crippen LogP contribution in [0.15, 0.2) is 24.3 Å². The van der Waals surface area contributed by atoms with E-state index in [1.807, 2.05) is 53.7 Å². The van der Waals surface area contributed by atoms with Gasteiger partial charge in [0.15, 0.2) is 0 Å². The number of carbonyl (C=O) groups excluding carboxylic acids is 2. The summed E-state index contributed by atoms with van der Waals surface area (Å²) in [5.41, 5.74) is 3.06. The summed E-state index contributed by atoms with van der Waals surface area (Å²) in [6, 6.07) is 7.22. The molecule has 0 bridgehead atoms. The second kappa shape index (κ2) is 6.58. The number of hydrogen-bond acceptors (Lipinski definition) is 2. The van der Waals surface area contributed by atoms with Crippen LogP contribution in [0.5, 0.6) is 0 Å². The van der Waals surface area contributed by atoms with Crippen molar-refractivity contribution >= 4 is 17.5 Å². The third kappa shape index (κ3) is 4.10. The summed E-state index contributed by atoms with van der Waals surface area (Å²) in [5, 5.41) is 6.04. The van der Waals surface area contributed by atoms with Crippen LogP contribution in [0.3, 0.4) is 0 Å². The first-order valence-electron chi connectivity index (χ1n) is 7.46. The van der Waals surface area contributed by atoms with Gasteiger partial charge in [0.1, 0.15) is 0 Å². The van der Waals surface area contributed by atoms with Crippen molar-refractivity contribution in [3.63, 3.8) is 0 Å². The van der Waals surface area contributed by atoms with Gasteiger partial charge in [0, 0.05) is 11.0 Å². The summed E-state index contributed by atoms with van der Waals surface area (Å²) in [5.74, 6) is -0.423. The number of nitrogens with one attached hydrogen (secondary N) is 1. The second-order valence-electron chi connectivity index (χ2n) is 7.75. The molecule has 0 radical (unpaired) electrons. The monoisotopic (exact) mass is 309 g/mol. The van der Waals surface area contributed by atoms with Crippen LogP contribution in [-0.2, 0) is 4.79 Å². The Morgan fingerprint density at radius 2 is 1.70 bits per heavy atom. The summed E-state index contributed by atoms with van der Waals surface area (Å²) in [4.78, 5) is 25.1. The first-order chi connectivity index (χ1) is 10.0. The zero-order valence-electron chi connectivity index (χ0n) is 15.1. The maximum atomic E-state index is 12.8. The number of carbonyl (C=O) groups is 2. The number of para-hydroxylation sites is 1. The predicted molar refractivity (Wildman–Crippen MR) is 86.5 cm³/mol. The smallest absolute Gasteiger partial charge is 0.662 e. The molecule has 2 rings (SSSR count). The zero-order chi connectivity index (χ0) is 16.7. The SMILES string of the molecule is CC(C)(C)C(=O)NN1C(=O)c2ccccc2[N-]C1C(C)(C)C.[Li+]. The molecule has 1 atom stereocenters. The molecule has 0 fully saturated rings. The largest absolute Gasteiger partial charge is 1.00 e. The standard InChI is InChI=1S/C17H25N3O2.Li/c1-16(2,3)14-18-12-10-8-7-9-11(12)13(21)20(14)19-15(22)17(4,5)6;/h7-10,14H,1-6H3,(H2,18,19,21,22);/q;+1/p-1. The van der Waals surface area contributed by atoms with Crippen LogP contribution in [0.1, 0.15) is 51.9 Å². The van der Waals surface area contributed by atoms with Gasteiger partial charge >= 0.3 is 18.9 Å². The van der Waals surface area contributed by atoms with E-state index in [1.165, 1.54) is 5.01 Å². The summed E-state index contributed by atoms with van der Waals surface area (Å²) < 4.78 is 0. The molecule has 0 aliphatic carbocycles. The molecule has 0 saturated carbocycles. The van der Waals surface area contributed by atoms with Gasteiger partial charge in [-0.1, -0.05) is 65.8 Å². The van der Waals surface area contributed by atoms with Crippen molar-refractivity contribution in [2.45, 2.75) is 47.7 Å². The number of nitrogens with zero attached hydrogens (tertiary/aromatic N) is 2. The Morgan fingerprint density at radius 1 is 1.13 bits per heavy atom. The summed E-state index contributed by atoms with van der Waals surface area (Å²) >= 11 is 0. The van der Waals surface area contributed by atoms with E-state index >= 15 is 0 Å². The Labute approximate surface area is 150 Å². The number of benzene rings is 1. The van der Waals surface area contributed by atoms with Crippen LogP contribution in [-0.4, -0.2) is 23.0 Å². The molecule has 2 amide bonds. The van der Waals surface area contributed by atoms with Crippen molar-refractivity contribution in [1.82, 2.24) is 10.4 Å². The fourth-order valence-electron chi connectivity index (χ4n) is 2.17. The molecule has 120 valence electrons. The van der Waals surface area contributed by atoms with E-state index < -0.39 is 11.6 Å². The number of rotatable bonds is 1. The van der Waals surface area contributed by atoms with Gasteiger partial charge in [-0.3, -0.25) is 20.0 Å². The van der Waals surface area contributed by atoms with E-state index in [1.54, 1.807) is 12.1 Å². The van der Waals surface area contributed by atoms with Crippen molar-refractivity contribution in [3.05, 3.63) is 35.1 Å². The second-order valence-corrected chi connectivity index (χ2v) is 7.75. The molecular formula is C17H24LiN3O2. The van der Waals surface area contributed by atoms with E-state index in [9.17, 15) is 9.59 Å². The van der Waals surface area contributed by atoms with Gasteiger partial charge in [-0.15, -0.1) is 5.69 Å². The van der Waals surface area contributed by atoms with Gasteiger partial charge in [0.25, 0.3) is 5.91 Å². The van der Waals surface area contributed by atoms with Crippen LogP contribution in [0.2, 0.25) is 0 Å². The van der Waals surface area contributed by atoms with Crippen molar-refractivity contribution < 1.29 is 28.4 Å². The minimum absolute atomic E-state index is 0. The van der Waals surface area contributed by atoms with Crippen LogP contribution in [0.25, 0.3) is 5.32 Å². The summed E-state index contributed by atoms with van der Waals surface area (Å²) in [6.45, 7) is 11.4. The molecular weight excluding hydrogens is 285 g/mol. The van der Waals surface area contributed by atoms with Crippen molar-refractivity contribution in [1.29, 1.82) is 0 Å². The van der Waals surface area contributed by atoms with Crippen molar-refractivity contribution in [2.24, 2.45) is 10.8 Å². The van der Waals surface area contributed by atoms with Crippen LogP contribution in [0, 0.1) is 10.8 Å². The quantitative estimate of drug-likeness (QED) is 0.772. The van der Waals surface area contributed by atoms with E-state index in [0.29, 0.717) is 11.3 Å². The molecule has 1 unspecified atom stereocenters. The fraction of sp³-hybridized carbons (Fsp3) is 0.529. The number of fused-ring (bicyclic) bond motifs is 1. The maximum Gasteiger partial charge on any atom is 1.00 e. The molecule has 1 aliphatic rings. The van der Waals surface area contributed by atoms with Crippen molar-refractivity contribution in [2.75, 3.05) is 0 Å². The van der Waals surface area contributed by atoms with Crippen LogP contribution < -0.4 is 24.3 Å². The molecule has 1 heterocycles. The molecule has 1 N–H and O–H groups in total. The minimum atomic E-state index is -0.584. The van der Waals surface area contributed by atoms with Crippen molar-refractivity contribution in [3.8, 4) is 0 Å². The molecule has 0 saturated heterocycles. The van der Waals surface area contributed by atoms with E-state index in [-0.39, 0.29) is 36.1 Å². The van der Waals surface area contributed by atoms with Gasteiger partial charge in [0.2, 0.25) is 5.91 Å². The van der Waals surface area contributed by atoms with Gasteiger partial charge in [-0.05, 0) is 11.6 Å². The van der Waals surface area contributed by atoms with Gasteiger partial charge in [-0.25, -0.2) is 0 Å². The first kappa shape index (κ1) is 19.6. The molecule has 23 heavy (non-hydrogen) atoms. The normalized spacial score (nSPS) is 17.7. The topological polar surface area (TPSA) is 63.5 Å². The molecule has 6 heteroatoms. The average Bonchev–Trinajstić information content (AvgIpc) is 2.39. The predicted octanol–water partition coefficient (Wildman–Crippen LogP) is 0.601. The van der Waals surface area contributed by atoms with E-state index in [2.05, 4.69) is 10.7 Å². The molecule has 0 spiro atoms. The third-order valence-electron chi connectivity index (χ3n) is 3.54. The van der Waals surface area contributed by atoms with E-state index in [4.69, 9.17) is 0 Å². The third-order valence-corrected chi connectivity index (χ3v) is 3.54. The Balaban J connectivity index is 0.00000264. The number of hydrogen-bond donors (Lipinski definition) is 1. The van der Waals surface area contributed by atoms with Gasteiger partial charge in [0.05, 0.1) is 0 Å². The Kier molecular flexibility index (Phi) is 5.61. The summed E-state index contributed by atoms with van der Waals surface area (Å²) in [6.07, 6.45) is -0.443. The fourth-order valence-corrected chi connectivity index (χ4v) is 2.17. The molecule has 5 nitrogen and oxygen atoms in total. The van der Waals surface area contributed by atoms with Crippen LogP contribution in [0.4, 0.5) is 5.69 Å². The molecule has 1 aromatic rings. The number of amides is 2. The Hall–Kier alpha value is -1.44. The first-order valence-corrected chi connectivity index (χ1v) is 7.46. The zero-order valence-corrected chi connectivity index (χ0v) is 15.1. The minimum Gasteiger partial charge on any atom is -0.662 e. The molecule has 0 aromatic heterocycles. The van der Waals surface area contributed by atoms with Gasteiger partial charge in [-0.2, -0.15) is 0 Å². The summed E-state index contributed by atoms with van der Waals surface area (Å²) in [7, 11) is 0. The molecule has 1 aliphatic heterocycles. The van der Waals surface area contributed by atoms with Gasteiger partial charge < -0.3 is 5.32 Å².